The molecule has 0 unspecified atom stereocenters. The fourth-order valence-electron chi connectivity index (χ4n) is 3.41. The predicted molar refractivity (Wildman–Crippen MR) is 103 cm³/mol. The number of aromatic nitrogens is 1. The molecule has 2 heterocycles. The molecule has 3 rings (SSSR count). The molecule has 1 N–H and O–H groups in total. The third-order valence-electron chi connectivity index (χ3n) is 4.87. The van der Waals surface area contributed by atoms with E-state index < -0.39 is 0 Å². The molecular weight excluding hydrogens is 328 g/mol. The van der Waals surface area contributed by atoms with Gasteiger partial charge in [0.05, 0.1) is 6.54 Å². The highest BCUT2D eigenvalue weighted by Crippen LogP contribution is 2.25. The molecule has 26 heavy (non-hydrogen) atoms. The third kappa shape index (κ3) is 4.52. The lowest BCUT2D eigenvalue weighted by molar-refractivity contribution is -0.616. The number of carbonyl (C=O) groups is 1. The highest BCUT2D eigenvalue weighted by Gasteiger charge is 2.26. The van der Waals surface area contributed by atoms with Crippen molar-refractivity contribution in [1.82, 2.24) is 4.90 Å². The fourth-order valence-corrected chi connectivity index (χ4v) is 3.41. The van der Waals surface area contributed by atoms with E-state index in [0.717, 1.165) is 47.7 Å². The lowest BCUT2D eigenvalue weighted by Crippen LogP contribution is -2.41. The van der Waals surface area contributed by atoms with Gasteiger partial charge in [-0.05, 0) is 44.1 Å². The molecule has 0 saturated carbocycles. The van der Waals surface area contributed by atoms with Crippen LogP contribution >= 0.6 is 0 Å². The number of likely N-dealkylation sites (tertiary alicyclic amines) is 1. The summed E-state index contributed by atoms with van der Waals surface area (Å²) in [5, 5.41) is 14.9. The van der Waals surface area contributed by atoms with Gasteiger partial charge in [0, 0.05) is 43.5 Å². The average Bonchev–Trinajstić information content (AvgIpc) is 2.63. The number of rotatable bonds is 5. The third-order valence-corrected chi connectivity index (χ3v) is 4.87. The minimum Gasteiger partial charge on any atom is -0.618 e. The second-order valence-corrected chi connectivity index (χ2v) is 6.99. The van der Waals surface area contributed by atoms with Crippen molar-refractivity contribution in [3.63, 3.8) is 0 Å². The van der Waals surface area contributed by atoms with E-state index in [2.05, 4.69) is 10.2 Å². The van der Waals surface area contributed by atoms with Crippen LogP contribution in [0, 0.1) is 5.21 Å². The van der Waals surface area contributed by atoms with Gasteiger partial charge in [0.25, 0.3) is 0 Å². The van der Waals surface area contributed by atoms with Crippen LogP contribution in [-0.4, -0.2) is 44.5 Å². The lowest BCUT2D eigenvalue weighted by Gasteiger charge is -2.30. The Hall–Kier alpha value is -2.60. The second-order valence-electron chi connectivity index (χ2n) is 6.99. The maximum absolute atomic E-state index is 12.3. The zero-order valence-corrected chi connectivity index (χ0v) is 15.4. The topological polar surface area (TPSA) is 62.5 Å². The van der Waals surface area contributed by atoms with Gasteiger partial charge in [-0.15, -0.1) is 0 Å². The molecule has 0 spiro atoms. The van der Waals surface area contributed by atoms with Crippen molar-refractivity contribution >= 4 is 17.3 Å². The van der Waals surface area contributed by atoms with Gasteiger partial charge in [-0.2, -0.15) is 4.73 Å². The normalized spacial score (nSPS) is 15.6. The van der Waals surface area contributed by atoms with Crippen LogP contribution in [0.4, 0.5) is 11.4 Å². The first-order valence-corrected chi connectivity index (χ1v) is 9.00. The lowest BCUT2D eigenvalue weighted by atomic mass is 9.93. The number of amides is 1. The Labute approximate surface area is 154 Å². The molecule has 0 radical (unpaired) electrons. The number of anilines is 2. The van der Waals surface area contributed by atoms with E-state index in [9.17, 15) is 10.0 Å². The average molecular weight is 354 g/mol. The SMILES string of the molecule is CN(C)c1cccc(NC(=O)CN2CCC(c3cccc[n+]3[O-])CC2)c1. The van der Waals surface area contributed by atoms with Crippen molar-refractivity contribution in [2.24, 2.45) is 0 Å². The number of hydrogen-bond donors (Lipinski definition) is 1. The number of carbonyl (C=O) groups excluding carboxylic acids is 1. The molecule has 1 fully saturated rings. The Morgan fingerprint density at radius 3 is 2.69 bits per heavy atom. The highest BCUT2D eigenvalue weighted by molar-refractivity contribution is 5.92. The summed E-state index contributed by atoms with van der Waals surface area (Å²) in [4.78, 5) is 16.5. The summed E-state index contributed by atoms with van der Waals surface area (Å²) >= 11 is 0. The molecule has 1 saturated heterocycles. The van der Waals surface area contributed by atoms with E-state index in [4.69, 9.17) is 0 Å². The van der Waals surface area contributed by atoms with Crippen molar-refractivity contribution in [2.75, 3.05) is 43.9 Å². The molecule has 1 aliphatic heterocycles. The number of pyridine rings is 1. The molecular formula is C20H26N4O2. The first-order valence-electron chi connectivity index (χ1n) is 9.00. The summed E-state index contributed by atoms with van der Waals surface area (Å²) in [6.07, 6.45) is 3.35. The Kier molecular flexibility index (Phi) is 5.73. The first kappa shape index (κ1) is 18.2. The Balaban J connectivity index is 1.51. The Morgan fingerprint density at radius 2 is 2.00 bits per heavy atom. The first-order chi connectivity index (χ1) is 12.5. The number of piperidine rings is 1. The molecule has 6 heteroatoms. The molecule has 0 atom stereocenters. The monoisotopic (exact) mass is 354 g/mol. The van der Waals surface area contributed by atoms with E-state index in [0.29, 0.717) is 6.54 Å². The van der Waals surface area contributed by atoms with Crippen LogP contribution in [-0.2, 0) is 4.79 Å². The molecule has 0 aliphatic carbocycles. The molecule has 0 bridgehead atoms. The fraction of sp³-hybridized carbons (Fsp3) is 0.400. The van der Waals surface area contributed by atoms with Crippen molar-refractivity contribution in [3.8, 4) is 0 Å². The summed E-state index contributed by atoms with van der Waals surface area (Å²) in [5.74, 6) is 0.266. The predicted octanol–water partition coefficient (Wildman–Crippen LogP) is 2.20. The number of nitrogens with zero attached hydrogens (tertiary/aromatic N) is 3. The minimum absolute atomic E-state index is 0.00189. The van der Waals surface area contributed by atoms with Gasteiger partial charge in [0.2, 0.25) is 5.91 Å². The summed E-state index contributed by atoms with van der Waals surface area (Å²) < 4.78 is 0.963. The van der Waals surface area contributed by atoms with Crippen LogP contribution in [0.3, 0.4) is 0 Å². The largest absolute Gasteiger partial charge is 0.618 e. The van der Waals surface area contributed by atoms with Gasteiger partial charge < -0.3 is 15.4 Å². The zero-order chi connectivity index (χ0) is 18.5. The van der Waals surface area contributed by atoms with Crippen molar-refractivity contribution in [2.45, 2.75) is 18.8 Å². The minimum atomic E-state index is -0.00189. The molecule has 2 aromatic rings. The van der Waals surface area contributed by atoms with E-state index in [1.165, 1.54) is 0 Å². The Morgan fingerprint density at radius 1 is 1.23 bits per heavy atom. The quantitative estimate of drug-likeness (QED) is 0.660. The number of benzene rings is 1. The van der Waals surface area contributed by atoms with Crippen molar-refractivity contribution in [1.29, 1.82) is 0 Å². The summed E-state index contributed by atoms with van der Waals surface area (Å²) in [6, 6.07) is 13.4. The molecule has 1 aromatic heterocycles. The summed E-state index contributed by atoms with van der Waals surface area (Å²) in [6.45, 7) is 2.03. The van der Waals surface area contributed by atoms with Crippen LogP contribution in [0.15, 0.2) is 48.7 Å². The van der Waals surface area contributed by atoms with Gasteiger partial charge in [-0.1, -0.05) is 12.1 Å². The van der Waals surface area contributed by atoms with Gasteiger partial charge in [0.1, 0.15) is 0 Å². The standard InChI is InChI=1S/C20H26N4O2/c1-22(2)18-7-5-6-17(14-18)21-20(25)15-23-12-9-16(10-13-23)19-8-3-4-11-24(19)26/h3-8,11,14,16H,9-10,12-13,15H2,1-2H3,(H,21,25). The van der Waals surface area contributed by atoms with Crippen LogP contribution in [0.1, 0.15) is 24.5 Å². The van der Waals surface area contributed by atoms with Gasteiger partial charge in [0.15, 0.2) is 11.9 Å². The van der Waals surface area contributed by atoms with Gasteiger partial charge in [-0.3, -0.25) is 9.69 Å². The molecule has 1 aliphatic rings. The van der Waals surface area contributed by atoms with E-state index >= 15 is 0 Å². The highest BCUT2D eigenvalue weighted by atomic mass is 16.5. The van der Waals surface area contributed by atoms with Crippen molar-refractivity contribution in [3.05, 3.63) is 59.6 Å². The second kappa shape index (κ2) is 8.19. The molecule has 138 valence electrons. The summed E-state index contributed by atoms with van der Waals surface area (Å²) in [5.41, 5.74) is 2.70. The zero-order valence-electron chi connectivity index (χ0n) is 15.4. The maximum Gasteiger partial charge on any atom is 0.238 e. The van der Waals surface area contributed by atoms with Crippen LogP contribution < -0.4 is 14.9 Å². The number of nitrogens with one attached hydrogen (secondary N) is 1. The molecule has 1 amide bonds. The summed E-state index contributed by atoms with van der Waals surface area (Å²) in [7, 11) is 3.95. The molecule has 6 nitrogen and oxygen atoms in total. The van der Waals surface area contributed by atoms with Crippen LogP contribution in [0.2, 0.25) is 0 Å². The number of hydrogen-bond acceptors (Lipinski definition) is 4. The van der Waals surface area contributed by atoms with E-state index in [-0.39, 0.29) is 11.8 Å². The van der Waals surface area contributed by atoms with Crippen LogP contribution in [0.5, 0.6) is 0 Å². The van der Waals surface area contributed by atoms with Gasteiger partial charge in [-0.25, -0.2) is 0 Å². The Bertz CT molecular complexity index is 755. The maximum atomic E-state index is 12.3. The van der Waals surface area contributed by atoms with E-state index in [1.807, 2.05) is 55.4 Å². The van der Waals surface area contributed by atoms with Crippen molar-refractivity contribution < 1.29 is 9.52 Å². The smallest absolute Gasteiger partial charge is 0.238 e. The van der Waals surface area contributed by atoms with Crippen LogP contribution in [0.25, 0.3) is 0 Å². The van der Waals surface area contributed by atoms with Gasteiger partial charge >= 0.3 is 0 Å². The van der Waals surface area contributed by atoms with E-state index in [1.54, 1.807) is 12.3 Å². The molecule has 1 aromatic carbocycles.